The van der Waals surface area contributed by atoms with Gasteiger partial charge in [0.05, 0.1) is 23.9 Å². The van der Waals surface area contributed by atoms with E-state index in [2.05, 4.69) is 15.8 Å². The van der Waals surface area contributed by atoms with Gasteiger partial charge in [-0.15, -0.1) is 0 Å². The molecule has 0 aliphatic heterocycles. The Hall–Kier alpha value is -3.88. The quantitative estimate of drug-likeness (QED) is 0.154. The van der Waals surface area contributed by atoms with Gasteiger partial charge in [0, 0.05) is 10.7 Å². The Balaban J connectivity index is 1.60. The third-order valence-electron chi connectivity index (χ3n) is 4.75. The maximum Gasteiger partial charge on any atom is 0.345 e. The summed E-state index contributed by atoms with van der Waals surface area (Å²) >= 11 is 11.9. The Kier molecular flexibility index (Phi) is 8.83. The van der Waals surface area contributed by atoms with Crippen molar-refractivity contribution in [3.63, 3.8) is 0 Å². The first kappa shape index (κ1) is 25.7. The van der Waals surface area contributed by atoms with Crippen LogP contribution in [-0.4, -0.2) is 31.1 Å². The number of esters is 1. The van der Waals surface area contributed by atoms with Gasteiger partial charge in [-0.25, -0.2) is 10.2 Å². The molecule has 0 atom stereocenters. The molecule has 0 aliphatic rings. The second-order valence-corrected chi connectivity index (χ2v) is 7.97. The highest BCUT2D eigenvalue weighted by molar-refractivity contribution is 6.39. The molecule has 2 amide bonds. The van der Waals surface area contributed by atoms with Crippen molar-refractivity contribution in [2.24, 2.45) is 5.10 Å². The van der Waals surface area contributed by atoms with Crippen molar-refractivity contribution in [3.05, 3.63) is 87.4 Å². The number of amides is 2. The molecule has 35 heavy (non-hydrogen) atoms. The minimum Gasteiger partial charge on any atom is -0.493 e. The summed E-state index contributed by atoms with van der Waals surface area (Å²) in [7, 11) is 1.40. The summed E-state index contributed by atoms with van der Waals surface area (Å²) in [6.07, 6.45) is 2.18. The predicted octanol–water partition coefficient (Wildman–Crippen LogP) is 4.87. The normalized spacial score (nSPS) is 10.6. The van der Waals surface area contributed by atoms with Gasteiger partial charge in [0.1, 0.15) is 0 Å². The van der Waals surface area contributed by atoms with E-state index < -0.39 is 17.8 Å². The number of methoxy groups -OCH3 is 1. The number of nitrogens with zero attached hydrogens (tertiary/aromatic N) is 1. The van der Waals surface area contributed by atoms with Crippen molar-refractivity contribution in [2.75, 3.05) is 12.4 Å². The third-order valence-corrected chi connectivity index (χ3v) is 5.30. The molecule has 0 aromatic heterocycles. The van der Waals surface area contributed by atoms with E-state index in [1.807, 2.05) is 19.1 Å². The maximum absolute atomic E-state index is 12.5. The van der Waals surface area contributed by atoms with Crippen LogP contribution in [0, 0.1) is 0 Å². The fourth-order valence-electron chi connectivity index (χ4n) is 2.89. The lowest BCUT2D eigenvalue weighted by Gasteiger charge is -2.10. The summed E-state index contributed by atoms with van der Waals surface area (Å²) in [5, 5.41) is 6.83. The van der Waals surface area contributed by atoms with Crippen LogP contribution in [0.1, 0.15) is 28.4 Å². The monoisotopic (exact) mass is 513 g/mol. The van der Waals surface area contributed by atoms with Gasteiger partial charge in [-0.05, 0) is 66.1 Å². The number of hydrogen-bond donors (Lipinski definition) is 2. The van der Waals surface area contributed by atoms with Crippen molar-refractivity contribution >= 4 is 52.9 Å². The van der Waals surface area contributed by atoms with E-state index in [0.29, 0.717) is 16.3 Å². The molecule has 3 aromatic carbocycles. The van der Waals surface area contributed by atoms with E-state index in [1.165, 1.54) is 43.7 Å². The molecule has 0 radical (unpaired) electrons. The van der Waals surface area contributed by atoms with Gasteiger partial charge in [0.2, 0.25) is 0 Å². The SMILES string of the molecule is CCc1ccc(NC(=O)C(=O)NN=Cc2ccc(OC(=O)c3ccc(Cl)cc3Cl)c(OC)c2)cc1. The van der Waals surface area contributed by atoms with Gasteiger partial charge >= 0.3 is 17.8 Å². The largest absolute Gasteiger partial charge is 0.493 e. The molecular weight excluding hydrogens is 493 g/mol. The minimum atomic E-state index is -0.932. The van der Waals surface area contributed by atoms with Crippen LogP contribution in [0.2, 0.25) is 10.0 Å². The number of rotatable bonds is 7. The number of aryl methyl sites for hydroxylation is 1. The van der Waals surface area contributed by atoms with Crippen LogP contribution in [0.4, 0.5) is 5.69 Å². The maximum atomic E-state index is 12.5. The van der Waals surface area contributed by atoms with Crippen LogP contribution < -0.4 is 20.2 Å². The van der Waals surface area contributed by atoms with Crippen LogP contribution in [0.25, 0.3) is 0 Å². The van der Waals surface area contributed by atoms with Gasteiger partial charge in [-0.1, -0.05) is 42.3 Å². The highest BCUT2D eigenvalue weighted by Gasteiger charge is 2.16. The van der Waals surface area contributed by atoms with Crippen molar-refractivity contribution in [1.29, 1.82) is 0 Å². The predicted molar refractivity (Wildman–Crippen MR) is 135 cm³/mol. The highest BCUT2D eigenvalue weighted by Crippen LogP contribution is 2.30. The second-order valence-electron chi connectivity index (χ2n) is 7.13. The Morgan fingerprint density at radius 1 is 0.943 bits per heavy atom. The molecule has 0 aliphatic carbocycles. The van der Waals surface area contributed by atoms with Gasteiger partial charge in [0.25, 0.3) is 0 Å². The number of ether oxygens (including phenoxy) is 2. The molecule has 10 heteroatoms. The van der Waals surface area contributed by atoms with Crippen molar-refractivity contribution in [2.45, 2.75) is 13.3 Å². The van der Waals surface area contributed by atoms with E-state index in [9.17, 15) is 14.4 Å². The molecule has 0 unspecified atom stereocenters. The molecular formula is C25H21Cl2N3O5. The first-order chi connectivity index (χ1) is 16.8. The smallest absolute Gasteiger partial charge is 0.345 e. The lowest BCUT2D eigenvalue weighted by atomic mass is 10.1. The summed E-state index contributed by atoms with van der Waals surface area (Å²) in [4.78, 5) is 36.5. The highest BCUT2D eigenvalue weighted by atomic mass is 35.5. The zero-order valence-corrected chi connectivity index (χ0v) is 20.3. The van der Waals surface area contributed by atoms with Crippen LogP contribution in [-0.2, 0) is 16.0 Å². The Labute approximate surface area is 211 Å². The van der Waals surface area contributed by atoms with Crippen molar-refractivity contribution in [3.8, 4) is 11.5 Å². The second kappa shape index (κ2) is 12.0. The molecule has 8 nitrogen and oxygen atoms in total. The lowest BCUT2D eigenvalue weighted by Crippen LogP contribution is -2.32. The molecule has 180 valence electrons. The molecule has 3 aromatic rings. The zero-order valence-electron chi connectivity index (χ0n) is 18.8. The first-order valence-corrected chi connectivity index (χ1v) is 11.1. The van der Waals surface area contributed by atoms with E-state index in [1.54, 1.807) is 18.2 Å². The molecule has 3 rings (SSSR count). The van der Waals surface area contributed by atoms with Gasteiger partial charge in [0.15, 0.2) is 11.5 Å². The van der Waals surface area contributed by atoms with Crippen LogP contribution >= 0.6 is 23.2 Å². The number of anilines is 1. The molecule has 0 bridgehead atoms. The number of carbonyl (C=O) groups excluding carboxylic acids is 3. The average Bonchev–Trinajstić information content (AvgIpc) is 2.85. The summed E-state index contributed by atoms with van der Waals surface area (Å²) in [5.41, 5.74) is 4.43. The van der Waals surface area contributed by atoms with Crippen LogP contribution in [0.3, 0.4) is 0 Å². The van der Waals surface area contributed by atoms with Gasteiger partial charge in [-0.2, -0.15) is 5.10 Å². The Bertz CT molecular complexity index is 1280. The number of carbonyl (C=O) groups is 3. The average molecular weight is 514 g/mol. The molecule has 0 heterocycles. The number of benzene rings is 3. The number of halogens is 2. The summed E-state index contributed by atoms with van der Waals surface area (Å²) in [6, 6.07) is 16.2. The standard InChI is InChI=1S/C25H21Cl2N3O5/c1-3-15-4-8-18(9-5-15)29-23(31)24(32)30-28-14-16-6-11-21(22(12-16)34-2)35-25(33)19-10-7-17(26)13-20(19)27/h4-14H,3H2,1-2H3,(H,29,31)(H,30,32). The summed E-state index contributed by atoms with van der Waals surface area (Å²) in [6.45, 7) is 2.02. The zero-order chi connectivity index (χ0) is 25.4. The molecule has 0 saturated carbocycles. The third kappa shape index (κ3) is 7.05. The fourth-order valence-corrected chi connectivity index (χ4v) is 3.37. The van der Waals surface area contributed by atoms with Gasteiger partial charge in [-0.3, -0.25) is 9.59 Å². The van der Waals surface area contributed by atoms with E-state index in [4.69, 9.17) is 32.7 Å². The topological polar surface area (TPSA) is 106 Å². The Morgan fingerprint density at radius 2 is 1.69 bits per heavy atom. The summed E-state index contributed by atoms with van der Waals surface area (Å²) < 4.78 is 10.7. The molecule has 0 spiro atoms. The molecule has 0 fully saturated rings. The molecule has 2 N–H and O–H groups in total. The number of hydrogen-bond acceptors (Lipinski definition) is 6. The Morgan fingerprint density at radius 3 is 2.34 bits per heavy atom. The van der Waals surface area contributed by atoms with Crippen LogP contribution in [0.15, 0.2) is 65.8 Å². The number of hydrazone groups is 1. The van der Waals surface area contributed by atoms with Crippen molar-refractivity contribution in [1.82, 2.24) is 5.43 Å². The minimum absolute atomic E-state index is 0.144. The van der Waals surface area contributed by atoms with E-state index in [0.717, 1.165) is 12.0 Å². The lowest BCUT2D eigenvalue weighted by molar-refractivity contribution is -0.136. The summed E-state index contributed by atoms with van der Waals surface area (Å²) in [5.74, 6) is -2.08. The molecule has 0 saturated heterocycles. The van der Waals surface area contributed by atoms with Crippen LogP contribution in [0.5, 0.6) is 11.5 Å². The van der Waals surface area contributed by atoms with Gasteiger partial charge < -0.3 is 14.8 Å². The fraction of sp³-hybridized carbons (Fsp3) is 0.120. The van der Waals surface area contributed by atoms with E-state index >= 15 is 0 Å². The van der Waals surface area contributed by atoms with E-state index in [-0.39, 0.29) is 22.1 Å². The van der Waals surface area contributed by atoms with Crippen molar-refractivity contribution < 1.29 is 23.9 Å². The number of nitrogens with one attached hydrogen (secondary N) is 2. The first-order valence-electron chi connectivity index (χ1n) is 10.4.